The van der Waals surface area contributed by atoms with Crippen molar-refractivity contribution in [2.24, 2.45) is 0 Å². The van der Waals surface area contributed by atoms with Crippen LogP contribution in [0.4, 0.5) is 13.2 Å². The lowest BCUT2D eigenvalue weighted by molar-refractivity contribution is -0.136. The third kappa shape index (κ3) is 4.47. The van der Waals surface area contributed by atoms with Crippen LogP contribution < -0.4 is 5.32 Å². The minimum Gasteiger partial charge on any atom is -0.346 e. The van der Waals surface area contributed by atoms with Gasteiger partial charge >= 0.3 is 6.18 Å². The van der Waals surface area contributed by atoms with Crippen molar-refractivity contribution in [1.29, 1.82) is 0 Å². The normalized spacial score (nSPS) is 14.1. The van der Waals surface area contributed by atoms with Crippen LogP contribution in [0.25, 0.3) is 0 Å². The molecule has 2 rings (SSSR count). The minimum atomic E-state index is -4.44. The summed E-state index contributed by atoms with van der Waals surface area (Å²) >= 11 is 1.06. The maximum Gasteiger partial charge on any atom is 0.405 e. The van der Waals surface area contributed by atoms with Crippen LogP contribution in [0.5, 0.6) is 0 Å². The van der Waals surface area contributed by atoms with Crippen LogP contribution in [0.3, 0.4) is 0 Å². The zero-order valence-corrected chi connectivity index (χ0v) is 12.7. The Morgan fingerprint density at radius 2 is 1.70 bits per heavy atom. The second kappa shape index (κ2) is 7.03. The van der Waals surface area contributed by atoms with Gasteiger partial charge in [-0.1, -0.05) is 12.1 Å². The smallest absolute Gasteiger partial charge is 0.346 e. The molecule has 5 nitrogen and oxygen atoms in total. The van der Waals surface area contributed by atoms with Crippen molar-refractivity contribution in [2.75, 3.05) is 24.6 Å². The maximum absolute atomic E-state index is 12.0. The third-order valence-corrected chi connectivity index (χ3v) is 3.99. The molecule has 9 heteroatoms. The zero-order chi connectivity index (χ0) is 17.0. The van der Waals surface area contributed by atoms with Gasteiger partial charge in [-0.15, -0.1) is 0 Å². The fraction of sp³-hybridized carbons (Fsp3) is 0.357. The highest BCUT2D eigenvalue weighted by Gasteiger charge is 2.34. The van der Waals surface area contributed by atoms with Gasteiger partial charge in [-0.3, -0.25) is 19.3 Å². The summed E-state index contributed by atoms with van der Waals surface area (Å²) in [4.78, 5) is 36.4. The molecule has 3 amide bonds. The molecule has 1 heterocycles. The Morgan fingerprint density at radius 3 is 2.22 bits per heavy atom. The van der Waals surface area contributed by atoms with Gasteiger partial charge < -0.3 is 5.32 Å². The quantitative estimate of drug-likeness (QED) is 0.629. The average molecular weight is 346 g/mol. The van der Waals surface area contributed by atoms with Crippen molar-refractivity contribution in [1.82, 2.24) is 10.2 Å². The monoisotopic (exact) mass is 346 g/mol. The summed E-state index contributed by atoms with van der Waals surface area (Å²) in [5.41, 5.74) is 0.677. The number of hydrogen-bond donors (Lipinski definition) is 1. The lowest BCUT2D eigenvalue weighted by Gasteiger charge is -2.13. The van der Waals surface area contributed by atoms with Crippen LogP contribution in [0.15, 0.2) is 24.3 Å². The van der Waals surface area contributed by atoms with Gasteiger partial charge in [0.15, 0.2) is 0 Å². The summed E-state index contributed by atoms with van der Waals surface area (Å²) < 4.78 is 35.8. The topological polar surface area (TPSA) is 66.5 Å². The Morgan fingerprint density at radius 1 is 1.13 bits per heavy atom. The fourth-order valence-electron chi connectivity index (χ4n) is 2.01. The van der Waals surface area contributed by atoms with Gasteiger partial charge in [0, 0.05) is 12.3 Å². The maximum atomic E-state index is 12.0. The average Bonchev–Trinajstić information content (AvgIpc) is 2.74. The Balaban J connectivity index is 1.75. The number of carbonyl (C=O) groups excluding carboxylic acids is 3. The van der Waals surface area contributed by atoms with Gasteiger partial charge in [-0.05, 0) is 12.1 Å². The lowest BCUT2D eigenvalue weighted by atomic mass is 10.1. The molecule has 0 atom stereocenters. The number of thioether (sulfide) groups is 1. The highest BCUT2D eigenvalue weighted by Crippen LogP contribution is 2.22. The number of carbonyl (C=O) groups is 3. The molecule has 1 aliphatic heterocycles. The molecule has 0 spiro atoms. The minimum absolute atomic E-state index is 0.101. The number of halogens is 3. The molecule has 1 aliphatic rings. The van der Waals surface area contributed by atoms with Gasteiger partial charge in [0.25, 0.3) is 11.8 Å². The van der Waals surface area contributed by atoms with Crippen molar-refractivity contribution < 1.29 is 27.6 Å². The molecule has 124 valence electrons. The van der Waals surface area contributed by atoms with E-state index in [1.807, 2.05) is 0 Å². The zero-order valence-electron chi connectivity index (χ0n) is 11.9. The molecule has 1 N–H and O–H groups in total. The fourth-order valence-corrected chi connectivity index (χ4v) is 2.76. The molecule has 0 aliphatic carbocycles. The first-order valence-electron chi connectivity index (χ1n) is 6.66. The number of amides is 3. The number of nitrogens with one attached hydrogen (secondary N) is 1. The standard InChI is InChI=1S/C14H13F3N2O3S/c15-14(16,17)8-18-11(20)7-23-6-5-19-12(21)9-3-1-2-4-10(9)13(19)22/h1-4H,5-8H2,(H,18,20). The molecule has 1 aromatic rings. The van der Waals surface area contributed by atoms with E-state index in [0.29, 0.717) is 11.1 Å². The molecular weight excluding hydrogens is 333 g/mol. The summed E-state index contributed by atoms with van der Waals surface area (Å²) in [7, 11) is 0. The van der Waals surface area contributed by atoms with Gasteiger partial charge in [0.05, 0.1) is 16.9 Å². The summed E-state index contributed by atoms with van der Waals surface area (Å²) in [6.07, 6.45) is -4.44. The first-order valence-corrected chi connectivity index (χ1v) is 7.81. The molecule has 0 bridgehead atoms. The van der Waals surface area contributed by atoms with E-state index in [1.54, 1.807) is 29.6 Å². The SMILES string of the molecule is O=C(CSCCN1C(=O)c2ccccc2C1=O)NCC(F)(F)F. The number of nitrogens with zero attached hydrogens (tertiary/aromatic N) is 1. The summed E-state index contributed by atoms with van der Waals surface area (Å²) in [6.45, 7) is -1.27. The Hall–Kier alpha value is -2.03. The van der Waals surface area contributed by atoms with E-state index < -0.39 is 30.4 Å². The molecule has 0 fully saturated rings. The van der Waals surface area contributed by atoms with Crippen LogP contribution in [-0.2, 0) is 4.79 Å². The molecule has 0 saturated heterocycles. The second-order valence-electron chi connectivity index (χ2n) is 4.75. The molecule has 0 radical (unpaired) electrons. The van der Waals surface area contributed by atoms with Crippen LogP contribution in [0, 0.1) is 0 Å². The number of benzene rings is 1. The first kappa shape index (κ1) is 17.3. The van der Waals surface area contributed by atoms with E-state index in [0.717, 1.165) is 16.7 Å². The van der Waals surface area contributed by atoms with Gasteiger partial charge in [0.1, 0.15) is 6.54 Å². The van der Waals surface area contributed by atoms with E-state index >= 15 is 0 Å². The van der Waals surface area contributed by atoms with E-state index in [2.05, 4.69) is 0 Å². The van der Waals surface area contributed by atoms with Crippen LogP contribution in [-0.4, -0.2) is 53.4 Å². The molecule has 1 aromatic carbocycles. The third-order valence-electron chi connectivity index (χ3n) is 3.06. The molecule has 0 unspecified atom stereocenters. The van der Waals surface area contributed by atoms with E-state index in [9.17, 15) is 27.6 Å². The summed E-state index contributed by atoms with van der Waals surface area (Å²) in [5.74, 6) is -1.43. The number of alkyl halides is 3. The largest absolute Gasteiger partial charge is 0.405 e. The predicted molar refractivity (Wildman–Crippen MR) is 78.2 cm³/mol. The van der Waals surface area contributed by atoms with Gasteiger partial charge in [-0.25, -0.2) is 0 Å². The van der Waals surface area contributed by atoms with Crippen LogP contribution in [0.1, 0.15) is 20.7 Å². The number of fused-ring (bicyclic) bond motifs is 1. The molecule has 0 saturated carbocycles. The molecule has 0 aromatic heterocycles. The van der Waals surface area contributed by atoms with E-state index in [4.69, 9.17) is 0 Å². The van der Waals surface area contributed by atoms with Gasteiger partial charge in [0.2, 0.25) is 5.91 Å². The highest BCUT2D eigenvalue weighted by molar-refractivity contribution is 7.99. The predicted octanol–water partition coefficient (Wildman–Crippen LogP) is 1.69. The van der Waals surface area contributed by atoms with Crippen molar-refractivity contribution >= 4 is 29.5 Å². The van der Waals surface area contributed by atoms with Crippen molar-refractivity contribution in [3.63, 3.8) is 0 Å². The first-order chi connectivity index (χ1) is 10.8. The number of rotatable bonds is 6. The van der Waals surface area contributed by atoms with Crippen LogP contribution in [0.2, 0.25) is 0 Å². The molecule has 23 heavy (non-hydrogen) atoms. The number of hydrogen-bond acceptors (Lipinski definition) is 4. The van der Waals surface area contributed by atoms with Crippen molar-refractivity contribution in [3.8, 4) is 0 Å². The second-order valence-corrected chi connectivity index (χ2v) is 5.86. The Labute approximate surface area is 134 Å². The highest BCUT2D eigenvalue weighted by atomic mass is 32.2. The summed E-state index contributed by atoms with van der Waals surface area (Å²) in [6, 6.07) is 6.45. The van der Waals surface area contributed by atoms with Crippen molar-refractivity contribution in [3.05, 3.63) is 35.4 Å². The Bertz CT molecular complexity index is 599. The number of imide groups is 1. The van der Waals surface area contributed by atoms with Gasteiger partial charge in [-0.2, -0.15) is 24.9 Å². The Kier molecular flexibility index (Phi) is 5.30. The van der Waals surface area contributed by atoms with E-state index in [1.165, 1.54) is 0 Å². The summed E-state index contributed by atoms with van der Waals surface area (Å²) in [5, 5.41) is 1.75. The lowest BCUT2D eigenvalue weighted by Crippen LogP contribution is -2.35. The van der Waals surface area contributed by atoms with Crippen molar-refractivity contribution in [2.45, 2.75) is 6.18 Å². The molecular formula is C14H13F3N2O3S. The van der Waals surface area contributed by atoms with Crippen LogP contribution >= 0.6 is 11.8 Å². The van der Waals surface area contributed by atoms with E-state index in [-0.39, 0.29) is 18.1 Å².